The Morgan fingerprint density at radius 2 is 1.33 bits per heavy atom. The minimum absolute atomic E-state index is 0.267. The first kappa shape index (κ1) is 19.9. The van der Waals surface area contributed by atoms with Crippen molar-refractivity contribution in [3.8, 4) is 0 Å². The molecule has 7 heteroatoms. The molecule has 1 aliphatic heterocycles. The van der Waals surface area contributed by atoms with Crippen molar-refractivity contribution in [3.05, 3.63) is 101 Å². The Kier molecular flexibility index (Phi) is 5.15. The van der Waals surface area contributed by atoms with Crippen molar-refractivity contribution in [3.63, 3.8) is 0 Å². The van der Waals surface area contributed by atoms with Crippen molar-refractivity contribution in [2.24, 2.45) is 9.98 Å². The molecular formula is C23H19F2N3O2. The van der Waals surface area contributed by atoms with Crippen LogP contribution in [0, 0.1) is 11.6 Å². The topological polar surface area (TPSA) is 57.4 Å². The summed E-state index contributed by atoms with van der Waals surface area (Å²) in [5, 5.41) is 9.94. The maximum Gasteiger partial charge on any atom is 0.262 e. The van der Waals surface area contributed by atoms with Gasteiger partial charge in [0.05, 0.1) is 0 Å². The summed E-state index contributed by atoms with van der Waals surface area (Å²) in [7, 11) is 3.87. The molecule has 0 bridgehead atoms. The number of aliphatic imine (C=N–C) groups is 2. The van der Waals surface area contributed by atoms with E-state index in [2.05, 4.69) is 9.98 Å². The fourth-order valence-electron chi connectivity index (χ4n) is 3.31. The summed E-state index contributed by atoms with van der Waals surface area (Å²) in [5.41, 5.74) is 1.17. The van der Waals surface area contributed by atoms with Gasteiger partial charge in [0.1, 0.15) is 17.3 Å². The molecule has 1 heterocycles. The van der Waals surface area contributed by atoms with E-state index in [0.29, 0.717) is 22.5 Å². The van der Waals surface area contributed by atoms with Crippen LogP contribution in [0.2, 0.25) is 0 Å². The van der Waals surface area contributed by atoms with E-state index in [0.717, 1.165) is 5.69 Å². The summed E-state index contributed by atoms with van der Waals surface area (Å²) < 4.78 is 27.0. The Labute approximate surface area is 172 Å². The summed E-state index contributed by atoms with van der Waals surface area (Å²) in [6, 6.07) is 18.6. The molecule has 0 saturated heterocycles. The van der Waals surface area contributed by atoms with Crippen LogP contribution in [0.15, 0.2) is 82.8 Å². The normalized spacial score (nSPS) is 18.2. The monoisotopic (exact) mass is 407 g/mol. The highest BCUT2D eigenvalue weighted by atomic mass is 19.1. The van der Waals surface area contributed by atoms with Crippen molar-refractivity contribution in [1.29, 1.82) is 0 Å². The Balaban J connectivity index is 1.87. The standard InChI is InChI=1S/C23H19F2N3O2/c1-28(2)20-13-5-16(6-14-20)22-26-21(15-3-9-18(24)10-4-15)23(27-22,30-29)17-7-11-19(25)12-8-17/h3-14,29H,1-2H3. The molecule has 0 amide bonds. The van der Waals surface area contributed by atoms with E-state index in [9.17, 15) is 14.0 Å². The lowest BCUT2D eigenvalue weighted by molar-refractivity contribution is -0.302. The minimum atomic E-state index is -1.71. The third-order valence-electron chi connectivity index (χ3n) is 4.93. The van der Waals surface area contributed by atoms with E-state index >= 15 is 0 Å². The van der Waals surface area contributed by atoms with Crippen molar-refractivity contribution in [2.45, 2.75) is 5.72 Å². The number of anilines is 1. The van der Waals surface area contributed by atoms with E-state index < -0.39 is 17.4 Å². The quantitative estimate of drug-likeness (QED) is 0.496. The highest BCUT2D eigenvalue weighted by molar-refractivity contribution is 6.20. The minimum Gasteiger partial charge on any atom is -0.378 e. The van der Waals surface area contributed by atoms with Gasteiger partial charge in [-0.1, -0.05) is 24.3 Å². The van der Waals surface area contributed by atoms with Crippen molar-refractivity contribution >= 4 is 17.2 Å². The van der Waals surface area contributed by atoms with E-state index in [4.69, 9.17) is 4.89 Å². The fraction of sp³-hybridized carbons (Fsp3) is 0.130. The second-order valence-corrected chi connectivity index (χ2v) is 7.09. The van der Waals surface area contributed by atoms with Crippen LogP contribution >= 0.6 is 0 Å². The second-order valence-electron chi connectivity index (χ2n) is 7.09. The van der Waals surface area contributed by atoms with Crippen LogP contribution in [0.1, 0.15) is 16.7 Å². The predicted molar refractivity (Wildman–Crippen MR) is 112 cm³/mol. The number of rotatable bonds is 5. The van der Waals surface area contributed by atoms with Crippen molar-refractivity contribution in [2.75, 3.05) is 19.0 Å². The molecule has 0 aromatic heterocycles. The van der Waals surface area contributed by atoms with Gasteiger partial charge in [-0.25, -0.2) is 24.0 Å². The lowest BCUT2D eigenvalue weighted by atomic mass is 9.93. The lowest BCUT2D eigenvalue weighted by Gasteiger charge is -2.25. The van der Waals surface area contributed by atoms with Crippen LogP contribution in [0.5, 0.6) is 0 Å². The van der Waals surface area contributed by atoms with E-state index in [1.165, 1.54) is 48.5 Å². The SMILES string of the molecule is CN(C)c1ccc(C2=NC(OO)(c3ccc(F)cc3)C(c3ccc(F)cc3)=N2)cc1. The average molecular weight is 407 g/mol. The Hall–Kier alpha value is -3.42. The number of benzene rings is 3. The molecule has 0 radical (unpaired) electrons. The summed E-state index contributed by atoms with van der Waals surface area (Å²) in [6.45, 7) is 0. The number of nitrogens with zero attached hydrogens (tertiary/aromatic N) is 3. The molecule has 5 nitrogen and oxygen atoms in total. The van der Waals surface area contributed by atoms with Crippen LogP contribution in [0.4, 0.5) is 14.5 Å². The summed E-state index contributed by atoms with van der Waals surface area (Å²) in [5.74, 6) is -0.512. The van der Waals surface area contributed by atoms with E-state index in [1.54, 1.807) is 0 Å². The van der Waals surface area contributed by atoms with Gasteiger partial charge in [-0.15, -0.1) is 0 Å². The van der Waals surface area contributed by atoms with Crippen LogP contribution in [-0.4, -0.2) is 30.9 Å². The maximum absolute atomic E-state index is 13.5. The Morgan fingerprint density at radius 3 is 1.87 bits per heavy atom. The van der Waals surface area contributed by atoms with Gasteiger partial charge in [0.2, 0.25) is 0 Å². The van der Waals surface area contributed by atoms with Crippen LogP contribution < -0.4 is 4.90 Å². The fourth-order valence-corrected chi connectivity index (χ4v) is 3.31. The maximum atomic E-state index is 13.5. The predicted octanol–water partition coefficient (Wildman–Crippen LogP) is 4.62. The van der Waals surface area contributed by atoms with Gasteiger partial charge >= 0.3 is 0 Å². The van der Waals surface area contributed by atoms with Crippen molar-refractivity contribution < 1.29 is 18.9 Å². The lowest BCUT2D eigenvalue weighted by Crippen LogP contribution is -2.34. The molecule has 1 N–H and O–H groups in total. The molecule has 30 heavy (non-hydrogen) atoms. The Bertz CT molecular complexity index is 1110. The van der Waals surface area contributed by atoms with Crippen LogP contribution in [-0.2, 0) is 10.6 Å². The molecule has 1 atom stereocenters. The summed E-state index contributed by atoms with van der Waals surface area (Å²) >= 11 is 0. The molecule has 1 aliphatic rings. The molecule has 4 rings (SSSR count). The molecule has 0 saturated carbocycles. The smallest absolute Gasteiger partial charge is 0.262 e. The largest absolute Gasteiger partial charge is 0.378 e. The van der Waals surface area contributed by atoms with Crippen LogP contribution in [0.25, 0.3) is 0 Å². The molecule has 3 aromatic carbocycles. The molecule has 0 fully saturated rings. The zero-order valence-electron chi connectivity index (χ0n) is 16.4. The molecule has 3 aromatic rings. The zero-order valence-corrected chi connectivity index (χ0v) is 16.4. The first-order valence-electron chi connectivity index (χ1n) is 9.24. The third kappa shape index (κ3) is 3.49. The average Bonchev–Trinajstić information content (AvgIpc) is 3.16. The van der Waals surface area contributed by atoms with Gasteiger partial charge in [-0.05, 0) is 48.5 Å². The van der Waals surface area contributed by atoms with Gasteiger partial charge in [0.25, 0.3) is 5.72 Å². The van der Waals surface area contributed by atoms with Gasteiger partial charge in [-0.2, -0.15) is 4.89 Å². The second kappa shape index (κ2) is 7.78. The van der Waals surface area contributed by atoms with E-state index in [-0.39, 0.29) is 5.71 Å². The Morgan fingerprint density at radius 1 is 0.800 bits per heavy atom. The number of halogens is 2. The van der Waals surface area contributed by atoms with E-state index in [1.807, 2.05) is 43.3 Å². The van der Waals surface area contributed by atoms with Gasteiger partial charge < -0.3 is 4.90 Å². The molecule has 0 spiro atoms. The molecule has 152 valence electrons. The van der Waals surface area contributed by atoms with Gasteiger partial charge in [0, 0.05) is 36.5 Å². The van der Waals surface area contributed by atoms with Crippen molar-refractivity contribution in [1.82, 2.24) is 0 Å². The highest BCUT2D eigenvalue weighted by Crippen LogP contribution is 2.37. The summed E-state index contributed by atoms with van der Waals surface area (Å²) in [6.07, 6.45) is 0. The zero-order chi connectivity index (χ0) is 21.3. The highest BCUT2D eigenvalue weighted by Gasteiger charge is 2.45. The first-order valence-corrected chi connectivity index (χ1v) is 9.24. The number of amidine groups is 1. The van der Waals surface area contributed by atoms with Gasteiger partial charge in [0.15, 0.2) is 5.84 Å². The first-order chi connectivity index (χ1) is 14.4. The molecule has 0 aliphatic carbocycles. The molecule has 1 unspecified atom stereocenters. The number of hydrogen-bond acceptors (Lipinski definition) is 5. The molecular weight excluding hydrogens is 388 g/mol. The third-order valence-corrected chi connectivity index (χ3v) is 4.93. The summed E-state index contributed by atoms with van der Waals surface area (Å²) in [4.78, 5) is 16.0. The van der Waals surface area contributed by atoms with Gasteiger partial charge in [-0.3, -0.25) is 0 Å². The number of hydrogen-bond donors (Lipinski definition) is 1. The van der Waals surface area contributed by atoms with Crippen LogP contribution in [0.3, 0.4) is 0 Å².